The Hall–Kier alpha value is -2.69. The zero-order valence-electron chi connectivity index (χ0n) is 16.5. The Labute approximate surface area is 162 Å². The monoisotopic (exact) mass is 406 g/mol. The van der Waals surface area contributed by atoms with Gasteiger partial charge in [-0.1, -0.05) is 0 Å². The van der Waals surface area contributed by atoms with Gasteiger partial charge in [0.2, 0.25) is 0 Å². The van der Waals surface area contributed by atoms with Crippen molar-refractivity contribution in [3.05, 3.63) is 0 Å². The number of esters is 4. The molecule has 4 atom stereocenters. The maximum Gasteiger partial charge on any atom is 0.303 e. The highest BCUT2D eigenvalue weighted by Crippen LogP contribution is 2.26. The molecule has 1 rings (SSSR count). The Morgan fingerprint density at radius 2 is 1.29 bits per heavy atom. The van der Waals surface area contributed by atoms with Gasteiger partial charge in [0, 0.05) is 41.0 Å². The van der Waals surface area contributed by atoms with Crippen LogP contribution in [0.4, 0.5) is 0 Å². The van der Waals surface area contributed by atoms with Crippen LogP contribution in [0.15, 0.2) is 0 Å². The highest BCUT2D eigenvalue weighted by molar-refractivity contribution is 5.68. The van der Waals surface area contributed by atoms with Gasteiger partial charge in [-0.05, 0) is 0 Å². The van der Waals surface area contributed by atoms with E-state index in [-0.39, 0.29) is 19.6 Å². The van der Waals surface area contributed by atoms with Crippen molar-refractivity contribution < 1.29 is 52.8 Å². The molecule has 11 heteroatoms. The lowest BCUT2D eigenvalue weighted by atomic mass is 9.97. The predicted octanol–water partition coefficient (Wildman–Crippen LogP) is 0.224. The summed E-state index contributed by atoms with van der Waals surface area (Å²) in [7, 11) is 0. The van der Waals surface area contributed by atoms with Crippen molar-refractivity contribution in [1.29, 1.82) is 0 Å². The van der Waals surface area contributed by atoms with Gasteiger partial charge < -0.3 is 28.8 Å². The first-order valence-electron chi connectivity index (χ1n) is 8.38. The summed E-state index contributed by atoms with van der Waals surface area (Å²) in [4.78, 5) is 53.6. The predicted molar refractivity (Wildman–Crippen MR) is 91.0 cm³/mol. The SMILES string of the molecule is CC(=O)O.CC(=O)OCC1O[C@H](COC(C)=O)C[C@H](OC(C)=O)[C@@H]1OC(C)=O. The van der Waals surface area contributed by atoms with Gasteiger partial charge in [-0.3, -0.25) is 24.0 Å². The van der Waals surface area contributed by atoms with Gasteiger partial charge in [0.05, 0.1) is 6.10 Å². The van der Waals surface area contributed by atoms with E-state index in [4.69, 9.17) is 33.6 Å². The number of aliphatic carboxylic acids is 1. The molecule has 1 fully saturated rings. The molecule has 0 bridgehead atoms. The third-order valence-corrected chi connectivity index (χ3v) is 3.14. The fraction of sp³-hybridized carbons (Fsp3) is 0.706. The number of hydrogen-bond donors (Lipinski definition) is 1. The van der Waals surface area contributed by atoms with E-state index >= 15 is 0 Å². The lowest BCUT2D eigenvalue weighted by molar-refractivity contribution is -0.220. The lowest BCUT2D eigenvalue weighted by Crippen LogP contribution is -2.54. The fourth-order valence-electron chi connectivity index (χ4n) is 2.34. The second-order valence-corrected chi connectivity index (χ2v) is 5.88. The largest absolute Gasteiger partial charge is 0.481 e. The Morgan fingerprint density at radius 3 is 1.71 bits per heavy atom. The molecule has 1 heterocycles. The minimum Gasteiger partial charge on any atom is -0.481 e. The molecule has 1 unspecified atom stereocenters. The van der Waals surface area contributed by atoms with Gasteiger partial charge in [0.25, 0.3) is 5.97 Å². The first-order valence-corrected chi connectivity index (χ1v) is 8.38. The average Bonchev–Trinajstić information content (AvgIpc) is 2.51. The zero-order chi connectivity index (χ0) is 21.9. The van der Waals surface area contributed by atoms with Crippen LogP contribution in [0.25, 0.3) is 0 Å². The first kappa shape index (κ1) is 25.3. The number of ether oxygens (including phenoxy) is 5. The minimum absolute atomic E-state index is 0.0591. The molecule has 0 amide bonds. The molecule has 1 saturated heterocycles. The molecule has 0 spiro atoms. The maximum atomic E-state index is 11.3. The Bertz CT molecular complexity index is 567. The molecule has 28 heavy (non-hydrogen) atoms. The summed E-state index contributed by atoms with van der Waals surface area (Å²) in [5, 5.41) is 7.42. The lowest BCUT2D eigenvalue weighted by Gasteiger charge is -2.39. The minimum atomic E-state index is -0.931. The summed E-state index contributed by atoms with van der Waals surface area (Å²) < 4.78 is 25.9. The smallest absolute Gasteiger partial charge is 0.303 e. The molecule has 0 aromatic heterocycles. The van der Waals surface area contributed by atoms with E-state index in [1.54, 1.807) is 0 Å². The number of carbonyl (C=O) groups excluding carboxylic acids is 4. The molecule has 160 valence electrons. The second kappa shape index (κ2) is 12.7. The summed E-state index contributed by atoms with van der Waals surface area (Å²) in [6.07, 6.45) is -3.01. The normalized spacial score (nSPS) is 23.3. The van der Waals surface area contributed by atoms with E-state index < -0.39 is 54.3 Å². The van der Waals surface area contributed by atoms with Crippen LogP contribution in [0.5, 0.6) is 0 Å². The Morgan fingerprint density at radius 1 is 0.821 bits per heavy atom. The second-order valence-electron chi connectivity index (χ2n) is 5.88. The van der Waals surface area contributed by atoms with Crippen molar-refractivity contribution >= 4 is 29.8 Å². The van der Waals surface area contributed by atoms with Crippen molar-refractivity contribution in [3.63, 3.8) is 0 Å². The van der Waals surface area contributed by atoms with E-state index in [2.05, 4.69) is 0 Å². The number of carboxylic acid groups (broad SMARTS) is 1. The molecule has 11 nitrogen and oxygen atoms in total. The quantitative estimate of drug-likeness (QED) is 0.476. The summed E-state index contributed by atoms with van der Waals surface area (Å²) >= 11 is 0. The third-order valence-electron chi connectivity index (χ3n) is 3.14. The number of hydrogen-bond acceptors (Lipinski definition) is 10. The molecule has 1 aliphatic rings. The average molecular weight is 406 g/mol. The van der Waals surface area contributed by atoms with Crippen LogP contribution >= 0.6 is 0 Å². The van der Waals surface area contributed by atoms with E-state index in [9.17, 15) is 19.2 Å². The van der Waals surface area contributed by atoms with Crippen molar-refractivity contribution in [2.24, 2.45) is 0 Å². The van der Waals surface area contributed by atoms with Gasteiger partial charge in [-0.25, -0.2) is 0 Å². The van der Waals surface area contributed by atoms with Crippen LogP contribution in [0, 0.1) is 0 Å². The Balaban J connectivity index is 0.00000165. The van der Waals surface area contributed by atoms with Crippen LogP contribution in [0.2, 0.25) is 0 Å². The topological polar surface area (TPSA) is 152 Å². The molecule has 0 saturated carbocycles. The van der Waals surface area contributed by atoms with Crippen molar-refractivity contribution in [2.75, 3.05) is 13.2 Å². The van der Waals surface area contributed by atoms with Crippen LogP contribution < -0.4 is 0 Å². The van der Waals surface area contributed by atoms with Gasteiger partial charge >= 0.3 is 23.9 Å². The molecule has 0 radical (unpaired) electrons. The third kappa shape index (κ3) is 11.8. The fourth-order valence-corrected chi connectivity index (χ4v) is 2.34. The van der Waals surface area contributed by atoms with Crippen molar-refractivity contribution in [2.45, 2.75) is 65.5 Å². The van der Waals surface area contributed by atoms with Crippen LogP contribution in [-0.2, 0) is 47.7 Å². The van der Waals surface area contributed by atoms with Gasteiger partial charge in [-0.15, -0.1) is 0 Å². The molecule has 1 aliphatic heterocycles. The van der Waals surface area contributed by atoms with E-state index in [1.165, 1.54) is 27.7 Å². The maximum absolute atomic E-state index is 11.3. The summed E-state index contributed by atoms with van der Waals surface area (Å²) in [6, 6.07) is 0. The molecular formula is C17H26O11. The number of rotatable bonds is 6. The van der Waals surface area contributed by atoms with Crippen LogP contribution in [-0.4, -0.2) is 72.6 Å². The van der Waals surface area contributed by atoms with Gasteiger partial charge in [-0.2, -0.15) is 0 Å². The zero-order valence-corrected chi connectivity index (χ0v) is 16.5. The summed E-state index contributed by atoms with van der Waals surface area (Å²) in [6.45, 7) is 5.74. The van der Waals surface area contributed by atoms with E-state index in [0.29, 0.717) is 0 Å². The molecule has 0 aromatic carbocycles. The summed E-state index contributed by atoms with van der Waals surface area (Å²) in [5.74, 6) is -3.00. The van der Waals surface area contributed by atoms with Crippen LogP contribution in [0.3, 0.4) is 0 Å². The molecular weight excluding hydrogens is 380 g/mol. The Kier molecular flexibility index (Phi) is 11.4. The standard InChI is InChI=1S/C15H22O9.C2H4O2/c1-8(16)20-6-12-5-13(22-10(3)18)15(23-11(4)19)14(24-12)7-21-9(2)17;1-2(3)4/h12-15H,5-7H2,1-4H3;1H3,(H,3,4)/t12-,13-,14?,15-;/m0./s1. The van der Waals surface area contributed by atoms with Crippen LogP contribution in [0.1, 0.15) is 41.0 Å². The first-order chi connectivity index (χ1) is 12.9. The van der Waals surface area contributed by atoms with Gasteiger partial charge in [0.1, 0.15) is 25.4 Å². The van der Waals surface area contributed by atoms with Crippen molar-refractivity contribution in [1.82, 2.24) is 0 Å². The van der Waals surface area contributed by atoms with Crippen molar-refractivity contribution in [3.8, 4) is 0 Å². The highest BCUT2D eigenvalue weighted by atomic mass is 16.6. The van der Waals surface area contributed by atoms with Gasteiger partial charge in [0.15, 0.2) is 6.10 Å². The van der Waals surface area contributed by atoms with E-state index in [0.717, 1.165) is 6.92 Å². The molecule has 1 N–H and O–H groups in total. The number of carboxylic acids is 1. The summed E-state index contributed by atoms with van der Waals surface area (Å²) in [5.41, 5.74) is 0. The number of carbonyl (C=O) groups is 5. The van der Waals surface area contributed by atoms with E-state index in [1.807, 2.05) is 0 Å². The molecule has 0 aliphatic carbocycles. The highest BCUT2D eigenvalue weighted by Gasteiger charge is 2.43. The molecule has 0 aromatic rings.